The molecule has 5 nitrogen and oxygen atoms in total. The third kappa shape index (κ3) is 2.10. The fourth-order valence-electron chi connectivity index (χ4n) is 2.62. The first-order valence-corrected chi connectivity index (χ1v) is 6.56. The number of methoxy groups -OCH3 is 1. The summed E-state index contributed by atoms with van der Waals surface area (Å²) in [6.45, 7) is 2.82. The van der Waals surface area contributed by atoms with Gasteiger partial charge in [-0.2, -0.15) is 0 Å². The maximum atomic E-state index is 5.59. The van der Waals surface area contributed by atoms with E-state index in [9.17, 15) is 0 Å². The largest absolute Gasteiger partial charge is 0.494 e. The molecular weight excluding hydrogens is 240 g/mol. The van der Waals surface area contributed by atoms with Gasteiger partial charge in [0.1, 0.15) is 23.4 Å². The zero-order valence-corrected chi connectivity index (χ0v) is 11.0. The van der Waals surface area contributed by atoms with E-state index in [1.54, 1.807) is 13.4 Å². The molecule has 1 fully saturated rings. The molecule has 1 aliphatic heterocycles. The Morgan fingerprint density at radius 1 is 1.37 bits per heavy atom. The van der Waals surface area contributed by atoms with Crippen LogP contribution in [0.25, 0.3) is 10.9 Å². The summed E-state index contributed by atoms with van der Waals surface area (Å²) in [5, 5.41) is 1.05. The first kappa shape index (κ1) is 12.2. The molecule has 0 bridgehead atoms. The normalized spacial score (nSPS) is 15.6. The lowest BCUT2D eigenvalue weighted by Crippen LogP contribution is -2.48. The highest BCUT2D eigenvalue weighted by Crippen LogP contribution is 2.33. The summed E-state index contributed by atoms with van der Waals surface area (Å²) in [7, 11) is 1.66. The van der Waals surface area contributed by atoms with Crippen LogP contribution in [0.3, 0.4) is 0 Å². The predicted molar refractivity (Wildman–Crippen MR) is 75.5 cm³/mol. The standard InChI is InChI=1S/C14H18N4O/c1-19-12-4-2-3-11-13(12)16-9-17-14(11)18-7-10(8-18)5-6-15/h2-4,9-10H,5-8,15H2,1H3. The zero-order chi connectivity index (χ0) is 13.2. The van der Waals surface area contributed by atoms with E-state index >= 15 is 0 Å². The number of ether oxygens (including phenoxy) is 1. The van der Waals surface area contributed by atoms with E-state index in [-0.39, 0.29) is 0 Å². The first-order chi connectivity index (χ1) is 9.33. The van der Waals surface area contributed by atoms with Crippen LogP contribution in [0.1, 0.15) is 6.42 Å². The molecule has 1 aromatic heterocycles. The van der Waals surface area contributed by atoms with Crippen molar-refractivity contribution in [3.63, 3.8) is 0 Å². The highest BCUT2D eigenvalue weighted by molar-refractivity contribution is 5.93. The van der Waals surface area contributed by atoms with E-state index < -0.39 is 0 Å². The minimum atomic E-state index is 0.695. The van der Waals surface area contributed by atoms with E-state index in [0.717, 1.165) is 48.5 Å². The number of para-hydroxylation sites is 1. The monoisotopic (exact) mass is 258 g/mol. The topological polar surface area (TPSA) is 64.3 Å². The van der Waals surface area contributed by atoms with Crippen LogP contribution in [0.15, 0.2) is 24.5 Å². The molecule has 2 heterocycles. The van der Waals surface area contributed by atoms with E-state index in [0.29, 0.717) is 5.92 Å². The highest BCUT2D eigenvalue weighted by atomic mass is 16.5. The van der Waals surface area contributed by atoms with Crippen molar-refractivity contribution in [2.75, 3.05) is 31.6 Å². The molecule has 3 rings (SSSR count). The van der Waals surface area contributed by atoms with Gasteiger partial charge in [0, 0.05) is 18.5 Å². The minimum absolute atomic E-state index is 0.695. The number of fused-ring (bicyclic) bond motifs is 1. The molecule has 19 heavy (non-hydrogen) atoms. The Bertz CT molecular complexity index is 581. The highest BCUT2D eigenvalue weighted by Gasteiger charge is 2.28. The SMILES string of the molecule is COc1cccc2c(N3CC(CCN)C3)ncnc12. The van der Waals surface area contributed by atoms with Crippen LogP contribution in [0.5, 0.6) is 5.75 Å². The van der Waals surface area contributed by atoms with Gasteiger partial charge in [-0.1, -0.05) is 6.07 Å². The summed E-state index contributed by atoms with van der Waals surface area (Å²) >= 11 is 0. The van der Waals surface area contributed by atoms with Gasteiger partial charge in [-0.25, -0.2) is 9.97 Å². The molecule has 0 atom stereocenters. The van der Waals surface area contributed by atoms with E-state index in [1.165, 1.54) is 0 Å². The predicted octanol–water partition coefficient (Wildman–Crippen LogP) is 1.42. The summed E-state index contributed by atoms with van der Waals surface area (Å²) in [4.78, 5) is 11.0. The summed E-state index contributed by atoms with van der Waals surface area (Å²) in [6.07, 6.45) is 2.69. The Labute approximate surface area is 112 Å². The first-order valence-electron chi connectivity index (χ1n) is 6.56. The fraction of sp³-hybridized carbons (Fsp3) is 0.429. The summed E-state index contributed by atoms with van der Waals surface area (Å²) in [6, 6.07) is 5.95. The number of nitrogens with two attached hydrogens (primary N) is 1. The lowest BCUT2D eigenvalue weighted by molar-refractivity contribution is 0.387. The van der Waals surface area contributed by atoms with Crippen LogP contribution < -0.4 is 15.4 Å². The summed E-state index contributed by atoms with van der Waals surface area (Å²) < 4.78 is 5.35. The Hall–Kier alpha value is -1.88. The van der Waals surface area contributed by atoms with Crippen molar-refractivity contribution in [1.82, 2.24) is 9.97 Å². The van der Waals surface area contributed by atoms with Crippen molar-refractivity contribution in [1.29, 1.82) is 0 Å². The number of benzene rings is 1. The summed E-state index contributed by atoms with van der Waals surface area (Å²) in [5.41, 5.74) is 6.46. The molecule has 1 aliphatic rings. The van der Waals surface area contributed by atoms with Gasteiger partial charge in [-0.15, -0.1) is 0 Å². The maximum absolute atomic E-state index is 5.59. The zero-order valence-electron chi connectivity index (χ0n) is 11.0. The van der Waals surface area contributed by atoms with Gasteiger partial charge in [-0.3, -0.25) is 0 Å². The van der Waals surface area contributed by atoms with Crippen molar-refractivity contribution in [3.8, 4) is 5.75 Å². The van der Waals surface area contributed by atoms with Gasteiger partial charge in [0.25, 0.3) is 0 Å². The molecule has 0 spiro atoms. The molecular formula is C14H18N4O. The second kappa shape index (κ2) is 5.01. The Kier molecular flexibility index (Phi) is 3.21. The van der Waals surface area contributed by atoms with Crippen LogP contribution in [-0.2, 0) is 0 Å². The van der Waals surface area contributed by atoms with Crippen molar-refractivity contribution in [3.05, 3.63) is 24.5 Å². The molecule has 0 saturated carbocycles. The summed E-state index contributed by atoms with van der Waals surface area (Å²) in [5.74, 6) is 2.48. The lowest BCUT2D eigenvalue weighted by Gasteiger charge is -2.40. The number of aromatic nitrogens is 2. The number of nitrogens with zero attached hydrogens (tertiary/aromatic N) is 3. The quantitative estimate of drug-likeness (QED) is 0.898. The van der Waals surface area contributed by atoms with Crippen LogP contribution in [0.4, 0.5) is 5.82 Å². The van der Waals surface area contributed by atoms with Crippen molar-refractivity contribution < 1.29 is 4.74 Å². The average Bonchev–Trinajstić information content (AvgIpc) is 2.41. The molecule has 1 aromatic carbocycles. The number of hydrogen-bond acceptors (Lipinski definition) is 5. The molecule has 0 aliphatic carbocycles. The van der Waals surface area contributed by atoms with Crippen LogP contribution in [-0.4, -0.2) is 36.7 Å². The molecule has 0 radical (unpaired) electrons. The van der Waals surface area contributed by atoms with Crippen LogP contribution >= 0.6 is 0 Å². The minimum Gasteiger partial charge on any atom is -0.494 e. The van der Waals surface area contributed by atoms with Gasteiger partial charge < -0.3 is 15.4 Å². The van der Waals surface area contributed by atoms with Crippen molar-refractivity contribution in [2.45, 2.75) is 6.42 Å². The van der Waals surface area contributed by atoms with Crippen molar-refractivity contribution in [2.24, 2.45) is 11.7 Å². The van der Waals surface area contributed by atoms with Gasteiger partial charge in [0.2, 0.25) is 0 Å². The van der Waals surface area contributed by atoms with E-state index in [4.69, 9.17) is 10.5 Å². The van der Waals surface area contributed by atoms with E-state index in [2.05, 4.69) is 14.9 Å². The third-order valence-electron chi connectivity index (χ3n) is 3.66. The molecule has 100 valence electrons. The second-order valence-electron chi connectivity index (χ2n) is 4.90. The number of hydrogen-bond donors (Lipinski definition) is 1. The van der Waals surface area contributed by atoms with Gasteiger partial charge >= 0.3 is 0 Å². The smallest absolute Gasteiger partial charge is 0.145 e. The Balaban J connectivity index is 1.93. The Morgan fingerprint density at radius 3 is 2.95 bits per heavy atom. The lowest BCUT2D eigenvalue weighted by atomic mass is 9.96. The van der Waals surface area contributed by atoms with Crippen LogP contribution in [0.2, 0.25) is 0 Å². The molecule has 1 saturated heterocycles. The Morgan fingerprint density at radius 2 is 2.21 bits per heavy atom. The molecule has 0 amide bonds. The van der Waals surface area contributed by atoms with Gasteiger partial charge in [0.15, 0.2) is 0 Å². The number of rotatable bonds is 4. The molecule has 2 aromatic rings. The molecule has 0 unspecified atom stereocenters. The number of anilines is 1. The molecule has 5 heteroatoms. The van der Waals surface area contributed by atoms with E-state index in [1.807, 2.05) is 18.2 Å². The fourth-order valence-corrected chi connectivity index (χ4v) is 2.62. The van der Waals surface area contributed by atoms with Crippen molar-refractivity contribution >= 4 is 16.7 Å². The average molecular weight is 258 g/mol. The maximum Gasteiger partial charge on any atom is 0.145 e. The van der Waals surface area contributed by atoms with Gasteiger partial charge in [-0.05, 0) is 31.0 Å². The third-order valence-corrected chi connectivity index (χ3v) is 3.66. The molecule has 2 N–H and O–H groups in total. The second-order valence-corrected chi connectivity index (χ2v) is 4.90. The van der Waals surface area contributed by atoms with Gasteiger partial charge in [0.05, 0.1) is 7.11 Å². The van der Waals surface area contributed by atoms with Crippen LogP contribution in [0, 0.1) is 5.92 Å².